The van der Waals surface area contributed by atoms with E-state index in [1.54, 1.807) is 14.2 Å². The summed E-state index contributed by atoms with van der Waals surface area (Å²) in [5.41, 5.74) is 1.13. The summed E-state index contributed by atoms with van der Waals surface area (Å²) < 4.78 is 10.7. The molecule has 0 amide bonds. The van der Waals surface area contributed by atoms with Gasteiger partial charge in [-0.05, 0) is 13.3 Å². The van der Waals surface area contributed by atoms with Crippen molar-refractivity contribution in [2.75, 3.05) is 52.8 Å². The van der Waals surface area contributed by atoms with Crippen LogP contribution in [0.4, 0.5) is 5.69 Å². The number of hydrogen-bond donors (Lipinski definition) is 1. The Morgan fingerprint density at radius 3 is 2.43 bits per heavy atom. The molecular weight excluding hydrogens is 292 g/mol. The summed E-state index contributed by atoms with van der Waals surface area (Å²) in [6.45, 7) is 4.77. The van der Waals surface area contributed by atoms with E-state index in [4.69, 9.17) is 9.47 Å². The highest BCUT2D eigenvalue weighted by atomic mass is 16.5. The number of guanidine groups is 1. The summed E-state index contributed by atoms with van der Waals surface area (Å²) in [7, 11) is 7.39. The van der Waals surface area contributed by atoms with Gasteiger partial charge in [-0.3, -0.25) is 4.99 Å². The molecule has 128 valence electrons. The summed E-state index contributed by atoms with van der Waals surface area (Å²) in [5, 5.41) is 3.55. The lowest BCUT2D eigenvalue weighted by Crippen LogP contribution is -2.44. The summed E-state index contributed by atoms with van der Waals surface area (Å²) in [6.07, 6.45) is 1.08. The molecule has 0 bridgehead atoms. The molecular formula is C17H28N4O2. The van der Waals surface area contributed by atoms with Crippen LogP contribution in [0.1, 0.15) is 13.3 Å². The highest BCUT2D eigenvalue weighted by molar-refractivity contribution is 5.80. The van der Waals surface area contributed by atoms with Crippen molar-refractivity contribution < 1.29 is 9.47 Å². The maximum atomic E-state index is 5.36. The zero-order valence-corrected chi connectivity index (χ0v) is 14.8. The molecule has 0 aliphatic carbocycles. The number of aliphatic imine (C=N–C) groups is 1. The number of nitrogens with one attached hydrogen (secondary N) is 1. The second-order valence-electron chi connectivity index (χ2n) is 5.84. The van der Waals surface area contributed by atoms with E-state index in [9.17, 15) is 0 Å². The van der Waals surface area contributed by atoms with Gasteiger partial charge in [-0.15, -0.1) is 0 Å². The maximum absolute atomic E-state index is 5.36. The number of rotatable bonds is 5. The molecule has 2 rings (SSSR count). The number of nitrogens with zero attached hydrogens (tertiary/aromatic N) is 3. The number of hydrogen-bond acceptors (Lipinski definition) is 4. The first kappa shape index (κ1) is 17.2. The Balaban J connectivity index is 2.06. The van der Waals surface area contributed by atoms with Crippen LogP contribution in [0.15, 0.2) is 23.2 Å². The molecule has 1 aromatic rings. The van der Waals surface area contributed by atoms with Gasteiger partial charge in [-0.1, -0.05) is 0 Å². The predicted octanol–water partition coefficient (Wildman–Crippen LogP) is 1.81. The van der Waals surface area contributed by atoms with Crippen LogP contribution in [-0.4, -0.2) is 64.9 Å². The van der Waals surface area contributed by atoms with Crippen LogP contribution in [0.2, 0.25) is 0 Å². The van der Waals surface area contributed by atoms with Gasteiger partial charge in [0.05, 0.1) is 14.2 Å². The minimum atomic E-state index is 0.389. The van der Waals surface area contributed by atoms with Crippen molar-refractivity contribution in [3.05, 3.63) is 18.2 Å². The molecule has 6 nitrogen and oxygen atoms in total. The van der Waals surface area contributed by atoms with Crippen LogP contribution in [0.25, 0.3) is 0 Å². The molecule has 1 aliphatic rings. The highest BCUT2D eigenvalue weighted by Crippen LogP contribution is 2.30. The third kappa shape index (κ3) is 4.43. The van der Waals surface area contributed by atoms with E-state index in [1.165, 1.54) is 0 Å². The van der Waals surface area contributed by atoms with Gasteiger partial charge >= 0.3 is 0 Å². The molecule has 1 heterocycles. The van der Waals surface area contributed by atoms with Crippen molar-refractivity contribution in [2.45, 2.75) is 19.4 Å². The number of benzene rings is 1. The lowest BCUT2D eigenvalue weighted by atomic mass is 10.2. The lowest BCUT2D eigenvalue weighted by molar-refractivity contribution is 0.394. The first-order valence-electron chi connectivity index (χ1n) is 8.03. The summed E-state index contributed by atoms with van der Waals surface area (Å²) >= 11 is 0. The molecule has 23 heavy (non-hydrogen) atoms. The van der Waals surface area contributed by atoms with Gasteiger partial charge in [0.1, 0.15) is 11.5 Å². The van der Waals surface area contributed by atoms with E-state index >= 15 is 0 Å². The number of methoxy groups -OCH3 is 2. The Labute approximate surface area is 139 Å². The quantitative estimate of drug-likeness (QED) is 0.662. The molecule has 0 saturated carbocycles. The standard InChI is InChI=1S/C17H28N4O2/c1-6-18-17(20(2)3)19-13-7-8-21(12-13)14-9-15(22-4)11-16(10-14)23-5/h9-11,13H,6-8,12H2,1-5H3,(H,18,19). The average molecular weight is 320 g/mol. The van der Waals surface area contributed by atoms with Crippen LogP contribution in [-0.2, 0) is 0 Å². The number of ether oxygens (including phenoxy) is 2. The molecule has 1 aromatic carbocycles. The molecule has 6 heteroatoms. The monoisotopic (exact) mass is 320 g/mol. The number of anilines is 1. The van der Waals surface area contributed by atoms with Crippen molar-refractivity contribution in [1.29, 1.82) is 0 Å². The average Bonchev–Trinajstić information content (AvgIpc) is 3.02. The van der Waals surface area contributed by atoms with E-state index < -0.39 is 0 Å². The van der Waals surface area contributed by atoms with Crippen molar-refractivity contribution in [2.24, 2.45) is 4.99 Å². The summed E-state index contributed by atoms with van der Waals surface area (Å²) in [6, 6.07) is 6.39. The van der Waals surface area contributed by atoms with Crippen molar-refractivity contribution >= 4 is 11.6 Å². The largest absolute Gasteiger partial charge is 0.497 e. The van der Waals surface area contributed by atoms with Crippen LogP contribution in [0.5, 0.6) is 11.5 Å². The Bertz CT molecular complexity index is 523. The predicted molar refractivity (Wildman–Crippen MR) is 95.0 cm³/mol. The third-order valence-electron chi connectivity index (χ3n) is 3.95. The van der Waals surface area contributed by atoms with Crippen molar-refractivity contribution in [3.8, 4) is 11.5 Å². The normalized spacial score (nSPS) is 18.0. The third-order valence-corrected chi connectivity index (χ3v) is 3.95. The van der Waals surface area contributed by atoms with E-state index in [0.29, 0.717) is 6.04 Å². The van der Waals surface area contributed by atoms with Crippen LogP contribution in [0.3, 0.4) is 0 Å². The van der Waals surface area contributed by atoms with Gasteiger partial charge in [0, 0.05) is 63.7 Å². The van der Waals surface area contributed by atoms with Crippen molar-refractivity contribution in [1.82, 2.24) is 10.2 Å². The lowest BCUT2D eigenvalue weighted by Gasteiger charge is -2.23. The SMILES string of the molecule is CCN=C(NC1CCN(c2cc(OC)cc(OC)c2)C1)N(C)C. The molecule has 1 saturated heterocycles. The molecule has 0 spiro atoms. The molecule has 1 aliphatic heterocycles. The summed E-state index contributed by atoms with van der Waals surface area (Å²) in [4.78, 5) is 8.89. The zero-order valence-electron chi connectivity index (χ0n) is 14.8. The smallest absolute Gasteiger partial charge is 0.193 e. The topological polar surface area (TPSA) is 49.3 Å². The first-order chi connectivity index (χ1) is 11.1. The van der Waals surface area contributed by atoms with Crippen LogP contribution >= 0.6 is 0 Å². The van der Waals surface area contributed by atoms with E-state index in [1.807, 2.05) is 25.1 Å². The summed E-state index contributed by atoms with van der Waals surface area (Å²) in [5.74, 6) is 2.58. The molecule has 1 atom stereocenters. The van der Waals surface area contributed by atoms with Gasteiger partial charge in [-0.2, -0.15) is 0 Å². The maximum Gasteiger partial charge on any atom is 0.193 e. The molecule has 0 radical (unpaired) electrons. The van der Waals surface area contributed by atoms with Gasteiger partial charge in [-0.25, -0.2) is 0 Å². The van der Waals surface area contributed by atoms with Gasteiger partial charge in [0.15, 0.2) is 5.96 Å². The second-order valence-corrected chi connectivity index (χ2v) is 5.84. The Morgan fingerprint density at radius 2 is 1.91 bits per heavy atom. The van der Waals surface area contributed by atoms with E-state index in [-0.39, 0.29) is 0 Å². The Kier molecular flexibility index (Phi) is 5.96. The van der Waals surface area contributed by atoms with Gasteiger partial charge in [0.2, 0.25) is 0 Å². The zero-order chi connectivity index (χ0) is 16.8. The fourth-order valence-electron chi connectivity index (χ4n) is 2.74. The van der Waals surface area contributed by atoms with Crippen LogP contribution in [0, 0.1) is 0 Å². The van der Waals surface area contributed by atoms with E-state index in [0.717, 1.165) is 49.2 Å². The molecule has 1 unspecified atom stereocenters. The fourth-order valence-corrected chi connectivity index (χ4v) is 2.74. The minimum Gasteiger partial charge on any atom is -0.497 e. The Morgan fingerprint density at radius 1 is 1.26 bits per heavy atom. The minimum absolute atomic E-state index is 0.389. The molecule has 1 N–H and O–H groups in total. The van der Waals surface area contributed by atoms with E-state index in [2.05, 4.69) is 34.3 Å². The molecule has 1 fully saturated rings. The van der Waals surface area contributed by atoms with Gasteiger partial charge < -0.3 is 24.6 Å². The Hall–Kier alpha value is -2.11. The van der Waals surface area contributed by atoms with Crippen LogP contribution < -0.4 is 19.7 Å². The fraction of sp³-hybridized carbons (Fsp3) is 0.588. The van der Waals surface area contributed by atoms with Crippen molar-refractivity contribution in [3.63, 3.8) is 0 Å². The highest BCUT2D eigenvalue weighted by Gasteiger charge is 2.24. The first-order valence-corrected chi connectivity index (χ1v) is 8.03. The second kappa shape index (κ2) is 7.94. The molecule has 0 aromatic heterocycles. The van der Waals surface area contributed by atoms with Gasteiger partial charge in [0.25, 0.3) is 0 Å².